The summed E-state index contributed by atoms with van der Waals surface area (Å²) in [4.78, 5) is 2.10. The van der Waals surface area contributed by atoms with Crippen molar-refractivity contribution in [3.05, 3.63) is 42.0 Å². The Bertz CT molecular complexity index is 425. The number of nitrogens with one attached hydrogen (secondary N) is 1. The van der Waals surface area contributed by atoms with E-state index in [9.17, 15) is 0 Å². The summed E-state index contributed by atoms with van der Waals surface area (Å²) < 4.78 is 0. The highest BCUT2D eigenvalue weighted by Crippen LogP contribution is 2.22. The van der Waals surface area contributed by atoms with Crippen LogP contribution in [0.5, 0.6) is 0 Å². The van der Waals surface area contributed by atoms with Crippen LogP contribution in [-0.2, 0) is 0 Å². The topological polar surface area (TPSA) is 35.5 Å². The molecule has 0 aromatic heterocycles. The lowest BCUT2D eigenvalue weighted by Gasteiger charge is -2.20. The zero-order valence-electron chi connectivity index (χ0n) is 12.0. The molecule has 0 amide bonds. The van der Waals surface area contributed by atoms with E-state index in [-0.39, 0.29) is 6.61 Å². The molecule has 0 heterocycles. The number of nitrogens with zero attached hydrogens (tertiary/aromatic N) is 1. The van der Waals surface area contributed by atoms with Gasteiger partial charge < -0.3 is 15.3 Å². The average Bonchev–Trinajstić information content (AvgIpc) is 2.86. The van der Waals surface area contributed by atoms with Crippen molar-refractivity contribution >= 4 is 5.69 Å². The first kappa shape index (κ1) is 14.1. The Balaban J connectivity index is 1.93. The van der Waals surface area contributed by atoms with Gasteiger partial charge in [-0.25, -0.2) is 0 Å². The number of hydrogen-bond donors (Lipinski definition) is 2. The molecule has 0 spiro atoms. The van der Waals surface area contributed by atoms with E-state index in [0.717, 1.165) is 6.42 Å². The standard InChI is InChI=1S/C16H24N2O/c1-12(17-15-7-4-13(10-15)11-19)14-5-8-16(9-6-14)18(2)3/h4-9,12-13,15,17,19H,10-11H2,1-3H3/t12-,13-,15+/m0/s1. The third kappa shape index (κ3) is 3.58. The monoisotopic (exact) mass is 260 g/mol. The van der Waals surface area contributed by atoms with Gasteiger partial charge in [0.25, 0.3) is 0 Å². The van der Waals surface area contributed by atoms with Crippen LogP contribution in [0.1, 0.15) is 24.9 Å². The van der Waals surface area contributed by atoms with Gasteiger partial charge in [-0.15, -0.1) is 0 Å². The molecule has 2 N–H and O–H groups in total. The van der Waals surface area contributed by atoms with Gasteiger partial charge in [0, 0.05) is 44.4 Å². The third-order valence-electron chi connectivity index (χ3n) is 3.78. The van der Waals surface area contributed by atoms with Gasteiger partial charge in [-0.3, -0.25) is 0 Å². The molecule has 0 saturated heterocycles. The van der Waals surface area contributed by atoms with E-state index < -0.39 is 0 Å². The molecule has 19 heavy (non-hydrogen) atoms. The fourth-order valence-corrected chi connectivity index (χ4v) is 2.51. The molecule has 1 aromatic carbocycles. The molecule has 1 aromatic rings. The summed E-state index contributed by atoms with van der Waals surface area (Å²) in [6.07, 6.45) is 5.28. The van der Waals surface area contributed by atoms with Gasteiger partial charge in [-0.1, -0.05) is 24.3 Å². The van der Waals surface area contributed by atoms with Crippen LogP contribution in [0.3, 0.4) is 0 Å². The third-order valence-corrected chi connectivity index (χ3v) is 3.78. The molecule has 0 radical (unpaired) electrons. The zero-order valence-corrected chi connectivity index (χ0v) is 12.0. The lowest BCUT2D eigenvalue weighted by atomic mass is 10.0. The molecule has 3 atom stereocenters. The minimum absolute atomic E-state index is 0.251. The van der Waals surface area contributed by atoms with Crippen LogP contribution < -0.4 is 10.2 Å². The van der Waals surface area contributed by atoms with Crippen LogP contribution in [0.25, 0.3) is 0 Å². The highest BCUT2D eigenvalue weighted by molar-refractivity contribution is 5.46. The van der Waals surface area contributed by atoms with Crippen LogP contribution in [0.4, 0.5) is 5.69 Å². The molecule has 0 saturated carbocycles. The van der Waals surface area contributed by atoms with Crippen molar-refractivity contribution in [1.29, 1.82) is 0 Å². The number of hydrogen-bond acceptors (Lipinski definition) is 3. The smallest absolute Gasteiger partial charge is 0.0494 e. The molecule has 3 nitrogen and oxygen atoms in total. The highest BCUT2D eigenvalue weighted by Gasteiger charge is 2.19. The Morgan fingerprint density at radius 1 is 1.26 bits per heavy atom. The van der Waals surface area contributed by atoms with Crippen LogP contribution >= 0.6 is 0 Å². The van der Waals surface area contributed by atoms with Gasteiger partial charge in [0.1, 0.15) is 0 Å². The molecule has 0 aliphatic heterocycles. The van der Waals surface area contributed by atoms with Crippen LogP contribution in [-0.4, -0.2) is 31.9 Å². The van der Waals surface area contributed by atoms with Gasteiger partial charge in [0.05, 0.1) is 0 Å². The molecule has 2 rings (SSSR count). The molecule has 0 bridgehead atoms. The first-order chi connectivity index (χ1) is 9.10. The summed E-state index contributed by atoms with van der Waals surface area (Å²) in [6, 6.07) is 9.34. The van der Waals surface area contributed by atoms with E-state index in [1.54, 1.807) is 0 Å². The van der Waals surface area contributed by atoms with Crippen molar-refractivity contribution in [3.8, 4) is 0 Å². The predicted molar refractivity (Wildman–Crippen MR) is 80.4 cm³/mol. The second kappa shape index (κ2) is 6.22. The summed E-state index contributed by atoms with van der Waals surface area (Å²) >= 11 is 0. The van der Waals surface area contributed by atoms with Gasteiger partial charge in [-0.2, -0.15) is 0 Å². The van der Waals surface area contributed by atoms with E-state index >= 15 is 0 Å². The quantitative estimate of drug-likeness (QED) is 0.798. The van der Waals surface area contributed by atoms with Gasteiger partial charge in [-0.05, 0) is 31.0 Å². The second-order valence-electron chi connectivity index (χ2n) is 5.54. The van der Waals surface area contributed by atoms with E-state index in [4.69, 9.17) is 5.11 Å². The SMILES string of the molecule is C[C@H](N[C@@H]1C=C[C@H](CO)C1)c1ccc(N(C)C)cc1. The van der Waals surface area contributed by atoms with Crippen molar-refractivity contribution in [2.24, 2.45) is 5.92 Å². The zero-order chi connectivity index (χ0) is 13.8. The summed E-state index contributed by atoms with van der Waals surface area (Å²) in [7, 11) is 4.10. The van der Waals surface area contributed by atoms with E-state index in [1.807, 2.05) is 0 Å². The Hall–Kier alpha value is -1.32. The molecule has 1 aliphatic carbocycles. The summed E-state index contributed by atoms with van der Waals surface area (Å²) in [6.45, 7) is 2.44. The molecule has 3 heteroatoms. The molecule has 0 fully saturated rings. The number of anilines is 1. The van der Waals surface area contributed by atoms with E-state index in [2.05, 4.69) is 67.7 Å². The molecular formula is C16H24N2O. The van der Waals surface area contributed by atoms with Crippen LogP contribution in [0, 0.1) is 5.92 Å². The minimum atomic E-state index is 0.251. The molecular weight excluding hydrogens is 236 g/mol. The number of benzene rings is 1. The average molecular weight is 260 g/mol. The second-order valence-corrected chi connectivity index (χ2v) is 5.54. The van der Waals surface area contributed by atoms with Crippen molar-refractivity contribution in [1.82, 2.24) is 5.32 Å². The van der Waals surface area contributed by atoms with Crippen molar-refractivity contribution < 1.29 is 5.11 Å². The summed E-state index contributed by atoms with van der Waals surface area (Å²) in [5.41, 5.74) is 2.52. The van der Waals surface area contributed by atoms with Gasteiger partial charge in [0.2, 0.25) is 0 Å². The fraction of sp³-hybridized carbons (Fsp3) is 0.500. The highest BCUT2D eigenvalue weighted by atomic mass is 16.3. The number of rotatable bonds is 5. The summed E-state index contributed by atoms with van der Waals surface area (Å²) in [5, 5.41) is 12.7. The lowest BCUT2D eigenvalue weighted by Crippen LogP contribution is -2.29. The maximum atomic E-state index is 9.13. The first-order valence-electron chi connectivity index (χ1n) is 6.92. The van der Waals surface area contributed by atoms with Crippen molar-refractivity contribution in [2.75, 3.05) is 25.6 Å². The Kier molecular flexibility index (Phi) is 4.61. The van der Waals surface area contributed by atoms with Crippen LogP contribution in [0.15, 0.2) is 36.4 Å². The fourth-order valence-electron chi connectivity index (χ4n) is 2.51. The number of aliphatic hydroxyl groups excluding tert-OH is 1. The van der Waals surface area contributed by atoms with Gasteiger partial charge >= 0.3 is 0 Å². The maximum absolute atomic E-state index is 9.13. The maximum Gasteiger partial charge on any atom is 0.0494 e. The van der Waals surface area contributed by atoms with Gasteiger partial charge in [0.15, 0.2) is 0 Å². The summed E-state index contributed by atoms with van der Waals surface area (Å²) in [5.74, 6) is 0.320. The molecule has 0 unspecified atom stereocenters. The lowest BCUT2D eigenvalue weighted by molar-refractivity contribution is 0.245. The molecule has 1 aliphatic rings. The first-order valence-corrected chi connectivity index (χ1v) is 6.92. The Labute approximate surface area is 115 Å². The Morgan fingerprint density at radius 2 is 1.95 bits per heavy atom. The largest absolute Gasteiger partial charge is 0.396 e. The normalized spacial score (nSPS) is 23.6. The van der Waals surface area contributed by atoms with E-state index in [0.29, 0.717) is 18.0 Å². The predicted octanol–water partition coefficient (Wildman–Crippen LogP) is 2.34. The molecule has 104 valence electrons. The van der Waals surface area contributed by atoms with Crippen molar-refractivity contribution in [3.63, 3.8) is 0 Å². The van der Waals surface area contributed by atoms with Crippen LogP contribution in [0.2, 0.25) is 0 Å². The number of aliphatic hydroxyl groups is 1. The van der Waals surface area contributed by atoms with Crippen molar-refractivity contribution in [2.45, 2.75) is 25.4 Å². The minimum Gasteiger partial charge on any atom is -0.396 e. The Morgan fingerprint density at radius 3 is 2.47 bits per heavy atom. The van der Waals surface area contributed by atoms with E-state index in [1.165, 1.54) is 11.3 Å².